The van der Waals surface area contributed by atoms with Crippen LogP contribution in [0.25, 0.3) is 0 Å². The summed E-state index contributed by atoms with van der Waals surface area (Å²) in [5.74, 6) is 0.651. The zero-order chi connectivity index (χ0) is 14.7. The van der Waals surface area contributed by atoms with Crippen molar-refractivity contribution in [3.05, 3.63) is 64.7 Å². The van der Waals surface area contributed by atoms with Crippen molar-refractivity contribution in [1.29, 1.82) is 0 Å². The Morgan fingerprint density at radius 3 is 2.35 bits per heavy atom. The second-order valence-electron chi connectivity index (χ2n) is 5.64. The summed E-state index contributed by atoms with van der Waals surface area (Å²) in [5.41, 5.74) is 10.0. The first kappa shape index (κ1) is 14.3. The first-order valence-electron chi connectivity index (χ1n) is 6.97. The maximum absolute atomic E-state index is 12.5. The van der Waals surface area contributed by atoms with Gasteiger partial charge in [-0.1, -0.05) is 50.2 Å². The number of nitrogen functional groups attached to an aromatic ring is 1. The van der Waals surface area contributed by atoms with Crippen molar-refractivity contribution in [1.82, 2.24) is 0 Å². The van der Waals surface area contributed by atoms with Gasteiger partial charge >= 0.3 is 0 Å². The maximum atomic E-state index is 12.5. The van der Waals surface area contributed by atoms with E-state index in [4.69, 9.17) is 5.73 Å². The van der Waals surface area contributed by atoms with Gasteiger partial charge < -0.3 is 5.73 Å². The van der Waals surface area contributed by atoms with Crippen molar-refractivity contribution in [3.8, 4) is 0 Å². The quantitative estimate of drug-likeness (QED) is 0.672. The van der Waals surface area contributed by atoms with Gasteiger partial charge in [-0.25, -0.2) is 0 Å². The molecule has 0 aromatic heterocycles. The number of ketones is 1. The Morgan fingerprint density at radius 1 is 1.10 bits per heavy atom. The molecule has 20 heavy (non-hydrogen) atoms. The van der Waals surface area contributed by atoms with E-state index in [1.165, 1.54) is 5.56 Å². The number of rotatable bonds is 4. The molecule has 0 unspecified atom stereocenters. The van der Waals surface area contributed by atoms with Crippen LogP contribution >= 0.6 is 0 Å². The lowest BCUT2D eigenvalue weighted by Gasteiger charge is -2.09. The minimum Gasteiger partial charge on any atom is -0.398 e. The normalized spacial score (nSPS) is 10.8. The number of hydrogen-bond acceptors (Lipinski definition) is 2. The summed E-state index contributed by atoms with van der Waals surface area (Å²) in [6.45, 7) is 6.26. The molecule has 0 saturated heterocycles. The fourth-order valence-corrected chi connectivity index (χ4v) is 2.32. The molecule has 2 nitrogen and oxygen atoms in total. The van der Waals surface area contributed by atoms with Crippen molar-refractivity contribution < 1.29 is 4.79 Å². The Hall–Kier alpha value is -2.09. The van der Waals surface area contributed by atoms with E-state index in [-0.39, 0.29) is 5.78 Å². The summed E-state index contributed by atoms with van der Waals surface area (Å²) in [7, 11) is 0. The topological polar surface area (TPSA) is 43.1 Å². The van der Waals surface area contributed by atoms with Gasteiger partial charge in [0, 0.05) is 16.8 Å². The standard InChI is InChI=1S/C18H21NO/c1-12(2)11-14-7-9-15(10-8-14)18(20)16-5-4-6-17(19)13(16)3/h4-10,12H,11,19H2,1-3H3. The van der Waals surface area contributed by atoms with Gasteiger partial charge in [-0.15, -0.1) is 0 Å². The molecule has 0 radical (unpaired) electrons. The van der Waals surface area contributed by atoms with Gasteiger partial charge in [0.1, 0.15) is 0 Å². The largest absolute Gasteiger partial charge is 0.398 e. The highest BCUT2D eigenvalue weighted by molar-refractivity contribution is 6.10. The maximum Gasteiger partial charge on any atom is 0.193 e. The van der Waals surface area contributed by atoms with E-state index in [0.29, 0.717) is 22.7 Å². The number of carbonyl (C=O) groups excluding carboxylic acids is 1. The smallest absolute Gasteiger partial charge is 0.193 e. The minimum atomic E-state index is 0.0332. The molecule has 104 valence electrons. The number of hydrogen-bond donors (Lipinski definition) is 1. The van der Waals surface area contributed by atoms with Crippen LogP contribution in [0, 0.1) is 12.8 Å². The van der Waals surface area contributed by atoms with E-state index in [2.05, 4.69) is 13.8 Å². The zero-order valence-electron chi connectivity index (χ0n) is 12.3. The van der Waals surface area contributed by atoms with Gasteiger partial charge in [-0.2, -0.15) is 0 Å². The Balaban J connectivity index is 2.27. The van der Waals surface area contributed by atoms with Crippen molar-refractivity contribution in [2.24, 2.45) is 5.92 Å². The molecule has 0 heterocycles. The SMILES string of the molecule is Cc1c(N)cccc1C(=O)c1ccc(CC(C)C)cc1. The Labute approximate surface area is 120 Å². The van der Waals surface area contributed by atoms with Gasteiger partial charge in [0.15, 0.2) is 5.78 Å². The third-order valence-corrected chi connectivity index (χ3v) is 3.48. The molecule has 2 heteroatoms. The first-order valence-corrected chi connectivity index (χ1v) is 6.97. The summed E-state index contributed by atoms with van der Waals surface area (Å²) in [4.78, 5) is 12.5. The van der Waals surface area contributed by atoms with Crippen LogP contribution in [0.4, 0.5) is 5.69 Å². The van der Waals surface area contributed by atoms with Crippen molar-refractivity contribution in [2.75, 3.05) is 5.73 Å². The summed E-state index contributed by atoms with van der Waals surface area (Å²) in [5, 5.41) is 0. The highest BCUT2D eigenvalue weighted by atomic mass is 16.1. The summed E-state index contributed by atoms with van der Waals surface area (Å²) >= 11 is 0. The molecule has 0 atom stereocenters. The van der Waals surface area contributed by atoms with Gasteiger partial charge in [0.05, 0.1) is 0 Å². The molecule has 0 aliphatic carbocycles. The van der Waals surface area contributed by atoms with Crippen LogP contribution in [0.1, 0.15) is 40.9 Å². The molecule has 2 N–H and O–H groups in total. The number of benzene rings is 2. The lowest BCUT2D eigenvalue weighted by molar-refractivity contribution is 0.103. The van der Waals surface area contributed by atoms with E-state index in [1.54, 1.807) is 0 Å². The van der Waals surface area contributed by atoms with Crippen molar-refractivity contribution in [2.45, 2.75) is 27.2 Å². The molecule has 2 rings (SSSR count). The average Bonchev–Trinajstić information content (AvgIpc) is 2.41. The monoisotopic (exact) mass is 267 g/mol. The summed E-state index contributed by atoms with van der Waals surface area (Å²) in [6, 6.07) is 13.4. The van der Waals surface area contributed by atoms with Crippen molar-refractivity contribution in [3.63, 3.8) is 0 Å². The van der Waals surface area contributed by atoms with E-state index in [9.17, 15) is 4.79 Å². The van der Waals surface area contributed by atoms with E-state index in [0.717, 1.165) is 12.0 Å². The van der Waals surface area contributed by atoms with Crippen LogP contribution in [-0.4, -0.2) is 5.78 Å². The van der Waals surface area contributed by atoms with E-state index < -0.39 is 0 Å². The van der Waals surface area contributed by atoms with Crippen LogP contribution in [-0.2, 0) is 6.42 Å². The van der Waals surface area contributed by atoms with Crippen LogP contribution in [0.5, 0.6) is 0 Å². The van der Waals surface area contributed by atoms with E-state index >= 15 is 0 Å². The van der Waals surface area contributed by atoms with Gasteiger partial charge in [-0.3, -0.25) is 4.79 Å². The molecule has 2 aromatic carbocycles. The molecule has 0 aliphatic heterocycles. The van der Waals surface area contributed by atoms with Gasteiger partial charge in [-0.05, 0) is 36.5 Å². The molecule has 0 fully saturated rings. The molecule has 0 saturated carbocycles. The minimum absolute atomic E-state index is 0.0332. The molecular weight excluding hydrogens is 246 g/mol. The van der Waals surface area contributed by atoms with Gasteiger partial charge in [0.25, 0.3) is 0 Å². The predicted molar refractivity (Wildman–Crippen MR) is 84.0 cm³/mol. The number of nitrogens with two attached hydrogens (primary N) is 1. The highest BCUT2D eigenvalue weighted by Crippen LogP contribution is 2.20. The highest BCUT2D eigenvalue weighted by Gasteiger charge is 2.12. The molecule has 0 amide bonds. The third kappa shape index (κ3) is 3.08. The number of carbonyl (C=O) groups is 1. The lowest BCUT2D eigenvalue weighted by atomic mass is 9.96. The number of anilines is 1. The zero-order valence-corrected chi connectivity index (χ0v) is 12.3. The molecule has 0 aliphatic rings. The molecular formula is C18H21NO. The second-order valence-corrected chi connectivity index (χ2v) is 5.64. The Bertz CT molecular complexity index is 612. The second kappa shape index (κ2) is 5.91. The van der Waals surface area contributed by atoms with Crippen LogP contribution in [0.15, 0.2) is 42.5 Å². The summed E-state index contributed by atoms with van der Waals surface area (Å²) in [6.07, 6.45) is 1.03. The van der Waals surface area contributed by atoms with Crippen LogP contribution < -0.4 is 5.73 Å². The summed E-state index contributed by atoms with van der Waals surface area (Å²) < 4.78 is 0. The molecule has 2 aromatic rings. The Kier molecular flexibility index (Phi) is 4.23. The first-order chi connectivity index (χ1) is 9.49. The lowest BCUT2D eigenvalue weighted by Crippen LogP contribution is -2.06. The predicted octanol–water partition coefficient (Wildman–Crippen LogP) is 4.01. The fraction of sp³-hybridized carbons (Fsp3) is 0.278. The van der Waals surface area contributed by atoms with Crippen LogP contribution in [0.2, 0.25) is 0 Å². The molecule has 0 bridgehead atoms. The average molecular weight is 267 g/mol. The fourth-order valence-electron chi connectivity index (χ4n) is 2.32. The van der Waals surface area contributed by atoms with Gasteiger partial charge in [0.2, 0.25) is 0 Å². The molecule has 0 spiro atoms. The Morgan fingerprint density at radius 2 is 1.75 bits per heavy atom. The van der Waals surface area contributed by atoms with Crippen LogP contribution in [0.3, 0.4) is 0 Å². The van der Waals surface area contributed by atoms with E-state index in [1.807, 2.05) is 49.4 Å². The third-order valence-electron chi connectivity index (χ3n) is 3.48. The van der Waals surface area contributed by atoms with Crippen molar-refractivity contribution >= 4 is 11.5 Å².